The maximum absolute atomic E-state index is 12.5. The maximum atomic E-state index is 12.5. The minimum absolute atomic E-state index is 0.0539. The Morgan fingerprint density at radius 2 is 1.96 bits per heavy atom. The van der Waals surface area contributed by atoms with Gasteiger partial charge in [0, 0.05) is 25.9 Å². The molecule has 3 aromatic rings. The Morgan fingerprint density at radius 1 is 1.21 bits per heavy atom. The van der Waals surface area contributed by atoms with Crippen LogP contribution in [0.15, 0.2) is 49.1 Å². The molecule has 1 amide bonds. The molecule has 1 atom stereocenters. The van der Waals surface area contributed by atoms with Crippen LogP contribution in [0.4, 0.5) is 0 Å². The smallest absolute Gasteiger partial charge is 0.251 e. The summed E-state index contributed by atoms with van der Waals surface area (Å²) in [5.74, 6) is -0.0837. The van der Waals surface area contributed by atoms with Crippen molar-refractivity contribution in [3.8, 4) is 11.3 Å². The van der Waals surface area contributed by atoms with E-state index in [1.165, 1.54) is 0 Å². The zero-order chi connectivity index (χ0) is 17.1. The number of nitrogens with one attached hydrogen (secondary N) is 1. The summed E-state index contributed by atoms with van der Waals surface area (Å²) < 4.78 is 3.74. The van der Waals surface area contributed by atoms with Gasteiger partial charge in [-0.25, -0.2) is 4.98 Å². The summed E-state index contributed by atoms with van der Waals surface area (Å²) in [4.78, 5) is 16.6. The van der Waals surface area contributed by atoms with Gasteiger partial charge in [0.1, 0.15) is 0 Å². The lowest BCUT2D eigenvalue weighted by Crippen LogP contribution is -2.29. The molecule has 1 aromatic carbocycles. The number of carbonyl (C=O) groups excluding carboxylic acids is 1. The van der Waals surface area contributed by atoms with Crippen LogP contribution in [0.25, 0.3) is 11.3 Å². The SMILES string of the molecule is CC[C@H](NC(=O)c1ccc(-c2cncn2C)cc1)c1ccnn1C. The molecule has 0 aliphatic heterocycles. The van der Waals surface area contributed by atoms with E-state index in [1.807, 2.05) is 62.1 Å². The van der Waals surface area contributed by atoms with Gasteiger partial charge in [0.2, 0.25) is 0 Å². The van der Waals surface area contributed by atoms with E-state index in [4.69, 9.17) is 0 Å². The average molecular weight is 323 g/mol. The van der Waals surface area contributed by atoms with Gasteiger partial charge in [-0.15, -0.1) is 0 Å². The fraction of sp³-hybridized carbons (Fsp3) is 0.278. The summed E-state index contributed by atoms with van der Waals surface area (Å²) in [6, 6.07) is 9.44. The van der Waals surface area contributed by atoms with Gasteiger partial charge >= 0.3 is 0 Å². The molecule has 2 aromatic heterocycles. The van der Waals surface area contributed by atoms with E-state index in [-0.39, 0.29) is 11.9 Å². The molecule has 124 valence electrons. The lowest BCUT2D eigenvalue weighted by molar-refractivity contribution is 0.0934. The predicted molar refractivity (Wildman–Crippen MR) is 92.4 cm³/mol. The third kappa shape index (κ3) is 3.08. The molecular weight excluding hydrogens is 302 g/mol. The molecular formula is C18H21N5O. The highest BCUT2D eigenvalue weighted by molar-refractivity contribution is 5.94. The minimum atomic E-state index is -0.0837. The third-order valence-electron chi connectivity index (χ3n) is 4.19. The summed E-state index contributed by atoms with van der Waals surface area (Å²) in [6.07, 6.45) is 6.12. The quantitative estimate of drug-likeness (QED) is 0.785. The van der Waals surface area contributed by atoms with Crippen molar-refractivity contribution in [2.75, 3.05) is 0 Å². The van der Waals surface area contributed by atoms with Crippen LogP contribution in [0.1, 0.15) is 35.4 Å². The van der Waals surface area contributed by atoms with Crippen LogP contribution in [0.2, 0.25) is 0 Å². The normalized spacial score (nSPS) is 12.1. The number of benzene rings is 1. The van der Waals surface area contributed by atoms with Gasteiger partial charge in [-0.1, -0.05) is 19.1 Å². The summed E-state index contributed by atoms with van der Waals surface area (Å²) in [5.41, 5.74) is 3.69. The molecule has 0 aliphatic carbocycles. The van der Waals surface area contributed by atoms with Crippen molar-refractivity contribution in [3.05, 3.63) is 60.3 Å². The van der Waals surface area contributed by atoms with Crippen LogP contribution in [0.5, 0.6) is 0 Å². The first-order chi connectivity index (χ1) is 11.6. The van der Waals surface area contributed by atoms with E-state index in [9.17, 15) is 4.79 Å². The van der Waals surface area contributed by atoms with Crippen LogP contribution in [0.3, 0.4) is 0 Å². The van der Waals surface area contributed by atoms with E-state index in [0.29, 0.717) is 5.56 Å². The second-order valence-electron chi connectivity index (χ2n) is 5.78. The Kier molecular flexibility index (Phi) is 4.46. The fourth-order valence-electron chi connectivity index (χ4n) is 2.78. The van der Waals surface area contributed by atoms with Gasteiger partial charge in [-0.2, -0.15) is 5.10 Å². The Bertz CT molecular complexity index is 831. The summed E-state index contributed by atoms with van der Waals surface area (Å²) >= 11 is 0. The summed E-state index contributed by atoms with van der Waals surface area (Å²) in [6.45, 7) is 2.05. The van der Waals surface area contributed by atoms with E-state index < -0.39 is 0 Å². The summed E-state index contributed by atoms with van der Waals surface area (Å²) in [5, 5.41) is 7.25. The van der Waals surface area contributed by atoms with Crippen LogP contribution in [-0.2, 0) is 14.1 Å². The van der Waals surface area contributed by atoms with Gasteiger partial charge < -0.3 is 9.88 Å². The number of aromatic nitrogens is 4. The largest absolute Gasteiger partial charge is 0.344 e. The Hall–Kier alpha value is -2.89. The topological polar surface area (TPSA) is 64.7 Å². The van der Waals surface area contributed by atoms with Crippen molar-refractivity contribution in [2.45, 2.75) is 19.4 Å². The molecule has 24 heavy (non-hydrogen) atoms. The third-order valence-corrected chi connectivity index (χ3v) is 4.19. The van der Waals surface area contributed by atoms with Crippen LogP contribution >= 0.6 is 0 Å². The summed E-state index contributed by atoms with van der Waals surface area (Å²) in [7, 11) is 3.83. The van der Waals surface area contributed by atoms with Crippen molar-refractivity contribution >= 4 is 5.91 Å². The van der Waals surface area contributed by atoms with E-state index in [2.05, 4.69) is 15.4 Å². The molecule has 0 aliphatic rings. The van der Waals surface area contributed by atoms with E-state index >= 15 is 0 Å². The van der Waals surface area contributed by atoms with E-state index in [0.717, 1.165) is 23.4 Å². The molecule has 0 spiro atoms. The number of hydrogen-bond acceptors (Lipinski definition) is 3. The minimum Gasteiger partial charge on any atom is -0.344 e. The number of aryl methyl sites for hydroxylation is 2. The van der Waals surface area contributed by atoms with Crippen LogP contribution in [-0.4, -0.2) is 25.2 Å². The fourth-order valence-corrected chi connectivity index (χ4v) is 2.78. The second kappa shape index (κ2) is 6.70. The number of hydrogen-bond donors (Lipinski definition) is 1. The van der Waals surface area contributed by atoms with Crippen molar-refractivity contribution in [2.24, 2.45) is 14.1 Å². The Balaban J connectivity index is 1.75. The lowest BCUT2D eigenvalue weighted by Gasteiger charge is -2.17. The number of imidazole rings is 1. The molecule has 2 heterocycles. The molecule has 3 rings (SSSR count). The second-order valence-corrected chi connectivity index (χ2v) is 5.78. The highest BCUT2D eigenvalue weighted by atomic mass is 16.1. The monoisotopic (exact) mass is 323 g/mol. The molecule has 6 nitrogen and oxygen atoms in total. The van der Waals surface area contributed by atoms with Crippen molar-refractivity contribution in [1.82, 2.24) is 24.6 Å². The zero-order valence-corrected chi connectivity index (χ0v) is 14.1. The Labute approximate surface area is 141 Å². The molecule has 0 bridgehead atoms. The highest BCUT2D eigenvalue weighted by Crippen LogP contribution is 2.20. The van der Waals surface area contributed by atoms with Crippen molar-refractivity contribution < 1.29 is 4.79 Å². The first-order valence-electron chi connectivity index (χ1n) is 7.95. The number of nitrogens with zero attached hydrogens (tertiary/aromatic N) is 4. The highest BCUT2D eigenvalue weighted by Gasteiger charge is 2.17. The maximum Gasteiger partial charge on any atom is 0.251 e. The number of carbonyl (C=O) groups is 1. The van der Waals surface area contributed by atoms with Gasteiger partial charge in [0.15, 0.2) is 0 Å². The molecule has 0 unspecified atom stereocenters. The molecule has 0 saturated heterocycles. The van der Waals surface area contributed by atoms with Crippen molar-refractivity contribution in [3.63, 3.8) is 0 Å². The van der Waals surface area contributed by atoms with Crippen LogP contribution in [0, 0.1) is 0 Å². The zero-order valence-electron chi connectivity index (χ0n) is 14.1. The molecule has 1 N–H and O–H groups in total. The van der Waals surface area contributed by atoms with Gasteiger partial charge in [-0.05, 0) is 30.2 Å². The first-order valence-corrected chi connectivity index (χ1v) is 7.95. The molecule has 6 heteroatoms. The Morgan fingerprint density at radius 3 is 2.50 bits per heavy atom. The predicted octanol–water partition coefficient (Wildman–Crippen LogP) is 2.70. The average Bonchev–Trinajstić information content (AvgIpc) is 3.21. The van der Waals surface area contributed by atoms with Crippen LogP contribution < -0.4 is 5.32 Å². The molecule has 0 saturated carbocycles. The molecule has 0 radical (unpaired) electrons. The number of rotatable bonds is 5. The van der Waals surface area contributed by atoms with E-state index in [1.54, 1.807) is 17.2 Å². The molecule has 0 fully saturated rings. The van der Waals surface area contributed by atoms with Gasteiger partial charge in [0.05, 0.1) is 30.0 Å². The van der Waals surface area contributed by atoms with Gasteiger partial charge in [-0.3, -0.25) is 9.48 Å². The first kappa shape index (κ1) is 16.0. The number of amides is 1. The van der Waals surface area contributed by atoms with Gasteiger partial charge in [0.25, 0.3) is 5.91 Å². The lowest BCUT2D eigenvalue weighted by atomic mass is 10.1. The van der Waals surface area contributed by atoms with Crippen molar-refractivity contribution in [1.29, 1.82) is 0 Å². The standard InChI is InChI=1S/C18H21N5O/c1-4-15(16-9-10-20-23(16)3)21-18(24)14-7-5-13(6-8-14)17-11-19-12-22(17)2/h5-12,15H,4H2,1-3H3,(H,21,24)/t15-/m0/s1.